The van der Waals surface area contributed by atoms with Crippen LogP contribution in [0.4, 0.5) is 0 Å². The third-order valence-electron chi connectivity index (χ3n) is 5.25. The van der Waals surface area contributed by atoms with E-state index in [0.717, 1.165) is 18.4 Å². The number of rotatable bonds is 3. The summed E-state index contributed by atoms with van der Waals surface area (Å²) < 4.78 is 0. The number of amides is 2. The number of hydrogen-bond acceptors (Lipinski definition) is 2. The van der Waals surface area contributed by atoms with Gasteiger partial charge in [-0.05, 0) is 38.3 Å². The van der Waals surface area contributed by atoms with Crippen LogP contribution in [0.5, 0.6) is 0 Å². The molecule has 1 fully saturated rings. The van der Waals surface area contributed by atoms with Crippen molar-refractivity contribution in [2.75, 3.05) is 0 Å². The lowest BCUT2D eigenvalue weighted by Gasteiger charge is -2.30. The lowest BCUT2D eigenvalue weighted by molar-refractivity contribution is -0.127. The van der Waals surface area contributed by atoms with Gasteiger partial charge in [-0.25, -0.2) is 0 Å². The molecule has 130 valence electrons. The Hall–Kier alpha value is -1.84. The second kappa shape index (κ2) is 7.37. The number of carbonyl (C=O) groups excluding carboxylic acids is 2. The monoisotopic (exact) mass is 328 g/mol. The van der Waals surface area contributed by atoms with E-state index in [2.05, 4.69) is 5.32 Å². The number of benzene rings is 1. The van der Waals surface area contributed by atoms with E-state index < -0.39 is 6.04 Å². The van der Waals surface area contributed by atoms with Gasteiger partial charge in [-0.15, -0.1) is 0 Å². The van der Waals surface area contributed by atoms with Gasteiger partial charge in [0.15, 0.2) is 0 Å². The van der Waals surface area contributed by atoms with E-state index in [4.69, 9.17) is 0 Å². The molecule has 0 unspecified atom stereocenters. The molecule has 0 saturated heterocycles. The van der Waals surface area contributed by atoms with Gasteiger partial charge in [0.2, 0.25) is 5.91 Å². The molecule has 4 heteroatoms. The van der Waals surface area contributed by atoms with Crippen LogP contribution in [-0.2, 0) is 4.79 Å². The van der Waals surface area contributed by atoms with Crippen molar-refractivity contribution in [3.8, 4) is 0 Å². The highest BCUT2D eigenvalue weighted by Crippen LogP contribution is 2.35. The first-order valence-corrected chi connectivity index (χ1v) is 9.31. The first kappa shape index (κ1) is 17.0. The summed E-state index contributed by atoms with van der Waals surface area (Å²) in [6.07, 6.45) is 8.29. The van der Waals surface area contributed by atoms with Crippen molar-refractivity contribution in [1.29, 1.82) is 0 Å². The van der Waals surface area contributed by atoms with E-state index in [0.29, 0.717) is 5.56 Å². The van der Waals surface area contributed by atoms with Gasteiger partial charge >= 0.3 is 0 Å². The molecule has 1 aliphatic heterocycles. The van der Waals surface area contributed by atoms with Crippen molar-refractivity contribution in [3.05, 3.63) is 35.4 Å². The maximum absolute atomic E-state index is 13.0. The van der Waals surface area contributed by atoms with Gasteiger partial charge in [0.05, 0.1) is 0 Å². The van der Waals surface area contributed by atoms with Crippen molar-refractivity contribution in [1.82, 2.24) is 10.2 Å². The fraction of sp³-hybridized carbons (Fsp3) is 0.600. The average Bonchev–Trinajstić information content (AvgIpc) is 2.83. The number of nitrogens with zero attached hydrogens (tertiary/aromatic N) is 1. The van der Waals surface area contributed by atoms with Crippen LogP contribution in [0.3, 0.4) is 0 Å². The Balaban J connectivity index is 1.80. The van der Waals surface area contributed by atoms with E-state index >= 15 is 0 Å². The van der Waals surface area contributed by atoms with Crippen LogP contribution in [0, 0.1) is 0 Å². The van der Waals surface area contributed by atoms with E-state index in [1.54, 1.807) is 4.90 Å². The van der Waals surface area contributed by atoms with Crippen LogP contribution in [0.2, 0.25) is 0 Å². The zero-order valence-corrected chi connectivity index (χ0v) is 14.8. The number of carbonyl (C=O) groups is 2. The molecular weight excluding hydrogens is 300 g/mol. The third kappa shape index (κ3) is 3.33. The standard InChI is InChI=1S/C20H28N2O2/c1-14(2)22-18(16-12-8-9-13-17(16)20(22)24)19(23)21-15-10-6-4-3-5-7-11-15/h8-9,12-15,18H,3-7,10-11H2,1-2H3,(H,21,23)/t18-/m0/s1. The summed E-state index contributed by atoms with van der Waals surface area (Å²) >= 11 is 0. The Morgan fingerprint density at radius 3 is 2.38 bits per heavy atom. The van der Waals surface area contributed by atoms with Crippen LogP contribution in [0.15, 0.2) is 24.3 Å². The van der Waals surface area contributed by atoms with Gasteiger partial charge in [-0.2, -0.15) is 0 Å². The highest BCUT2D eigenvalue weighted by atomic mass is 16.2. The lowest BCUT2D eigenvalue weighted by Crippen LogP contribution is -2.45. The van der Waals surface area contributed by atoms with E-state index in [-0.39, 0.29) is 23.9 Å². The second-order valence-corrected chi connectivity index (χ2v) is 7.35. The second-order valence-electron chi connectivity index (χ2n) is 7.35. The molecule has 0 radical (unpaired) electrons. The zero-order valence-electron chi connectivity index (χ0n) is 14.8. The maximum atomic E-state index is 13.0. The molecule has 1 N–H and O–H groups in total. The fourth-order valence-electron chi connectivity index (χ4n) is 4.02. The molecule has 1 aromatic rings. The maximum Gasteiger partial charge on any atom is 0.255 e. The van der Waals surface area contributed by atoms with E-state index in [1.807, 2.05) is 38.1 Å². The normalized spacial score (nSPS) is 22.2. The van der Waals surface area contributed by atoms with Crippen LogP contribution in [0.25, 0.3) is 0 Å². The SMILES string of the molecule is CC(C)N1C(=O)c2ccccc2[C@H]1C(=O)NC1CCCCCCC1. The predicted molar refractivity (Wildman–Crippen MR) is 94.7 cm³/mol. The molecule has 1 aromatic carbocycles. The molecule has 1 atom stereocenters. The Bertz CT molecular complexity index is 603. The third-order valence-corrected chi connectivity index (χ3v) is 5.25. The minimum absolute atomic E-state index is 0.00187. The first-order valence-electron chi connectivity index (χ1n) is 9.31. The van der Waals surface area contributed by atoms with Gasteiger partial charge in [0.25, 0.3) is 5.91 Å². The Morgan fingerprint density at radius 1 is 1.08 bits per heavy atom. The summed E-state index contributed by atoms with van der Waals surface area (Å²) in [5.41, 5.74) is 1.52. The van der Waals surface area contributed by atoms with E-state index in [9.17, 15) is 9.59 Å². The minimum atomic E-state index is -0.487. The van der Waals surface area contributed by atoms with Crippen LogP contribution in [-0.4, -0.2) is 28.8 Å². The molecule has 0 aromatic heterocycles. The summed E-state index contributed by atoms with van der Waals surface area (Å²) in [7, 11) is 0. The zero-order chi connectivity index (χ0) is 17.1. The number of nitrogens with one attached hydrogen (secondary N) is 1. The van der Waals surface area contributed by atoms with Crippen molar-refractivity contribution >= 4 is 11.8 Å². The van der Waals surface area contributed by atoms with Crippen molar-refractivity contribution < 1.29 is 9.59 Å². The first-order chi connectivity index (χ1) is 11.6. The highest BCUT2D eigenvalue weighted by molar-refractivity contribution is 6.04. The molecule has 1 heterocycles. The smallest absolute Gasteiger partial charge is 0.255 e. The quantitative estimate of drug-likeness (QED) is 0.917. The van der Waals surface area contributed by atoms with Crippen molar-refractivity contribution in [2.45, 2.75) is 76.9 Å². The average molecular weight is 328 g/mol. The molecule has 0 bridgehead atoms. The molecule has 24 heavy (non-hydrogen) atoms. The van der Waals surface area contributed by atoms with Gasteiger partial charge in [-0.1, -0.05) is 50.3 Å². The van der Waals surface area contributed by atoms with Crippen molar-refractivity contribution in [2.24, 2.45) is 0 Å². The summed E-state index contributed by atoms with van der Waals surface area (Å²) in [5, 5.41) is 3.24. The number of hydrogen-bond donors (Lipinski definition) is 1. The molecule has 3 rings (SSSR count). The predicted octanol–water partition coefficient (Wildman–Crippen LogP) is 3.82. The summed E-state index contributed by atoms with van der Waals surface area (Å²) in [6.45, 7) is 3.94. The summed E-state index contributed by atoms with van der Waals surface area (Å²) in [5.74, 6) is -0.0500. The van der Waals surface area contributed by atoms with E-state index in [1.165, 1.54) is 32.1 Å². The van der Waals surface area contributed by atoms with Crippen LogP contribution >= 0.6 is 0 Å². The highest BCUT2D eigenvalue weighted by Gasteiger charge is 2.42. The van der Waals surface area contributed by atoms with Gasteiger partial charge in [0.1, 0.15) is 6.04 Å². The van der Waals surface area contributed by atoms with Crippen LogP contribution in [0.1, 0.15) is 80.8 Å². The van der Waals surface area contributed by atoms with Crippen molar-refractivity contribution in [3.63, 3.8) is 0 Å². The van der Waals surface area contributed by atoms with Crippen LogP contribution < -0.4 is 5.32 Å². The molecule has 2 amide bonds. The molecule has 4 nitrogen and oxygen atoms in total. The molecular formula is C20H28N2O2. The minimum Gasteiger partial charge on any atom is -0.351 e. The Morgan fingerprint density at radius 2 is 1.71 bits per heavy atom. The lowest BCUT2D eigenvalue weighted by atomic mass is 9.96. The topological polar surface area (TPSA) is 49.4 Å². The fourth-order valence-corrected chi connectivity index (χ4v) is 4.02. The molecule has 1 aliphatic carbocycles. The van der Waals surface area contributed by atoms with Gasteiger partial charge in [-0.3, -0.25) is 9.59 Å². The Kier molecular flexibility index (Phi) is 5.22. The molecule has 2 aliphatic rings. The van der Waals surface area contributed by atoms with Gasteiger partial charge in [0, 0.05) is 17.6 Å². The molecule has 1 saturated carbocycles. The van der Waals surface area contributed by atoms with Gasteiger partial charge < -0.3 is 10.2 Å². The summed E-state index contributed by atoms with van der Waals surface area (Å²) in [6, 6.07) is 7.27. The largest absolute Gasteiger partial charge is 0.351 e. The Labute approximate surface area is 144 Å². The molecule has 0 spiro atoms. The summed E-state index contributed by atoms with van der Waals surface area (Å²) in [4.78, 5) is 27.4. The number of fused-ring (bicyclic) bond motifs is 1.